The summed E-state index contributed by atoms with van der Waals surface area (Å²) in [6.45, 7) is 0.702. The van der Waals surface area contributed by atoms with E-state index in [1.165, 1.54) is 17.1 Å². The van der Waals surface area contributed by atoms with Gasteiger partial charge in [0.15, 0.2) is 0 Å². The molecule has 1 saturated carbocycles. The van der Waals surface area contributed by atoms with Crippen molar-refractivity contribution in [1.29, 1.82) is 0 Å². The second kappa shape index (κ2) is 3.40. The molecule has 0 aromatic carbocycles. The van der Waals surface area contributed by atoms with Crippen LogP contribution in [0.2, 0.25) is 0 Å². The predicted octanol–water partition coefficient (Wildman–Crippen LogP) is -0.584. The van der Waals surface area contributed by atoms with Crippen molar-refractivity contribution in [1.82, 2.24) is 4.90 Å². The lowest BCUT2D eigenvalue weighted by Gasteiger charge is -2.54. The molecule has 0 aromatic heterocycles. The van der Waals surface area contributed by atoms with Gasteiger partial charge in [0.1, 0.15) is 0 Å². The van der Waals surface area contributed by atoms with Crippen molar-refractivity contribution in [3.8, 4) is 0 Å². The second-order valence-corrected chi connectivity index (χ2v) is 4.59. The van der Waals surface area contributed by atoms with E-state index in [4.69, 9.17) is 10.5 Å². The van der Waals surface area contributed by atoms with Crippen molar-refractivity contribution >= 4 is 11.8 Å². The van der Waals surface area contributed by atoms with Crippen LogP contribution in [0, 0.1) is 5.92 Å². The van der Waals surface area contributed by atoms with E-state index in [2.05, 4.69) is 0 Å². The molecular weight excluding hydrogens is 208 g/mol. The Morgan fingerprint density at radius 2 is 2.00 bits per heavy atom. The summed E-state index contributed by atoms with van der Waals surface area (Å²) in [4.78, 5) is 24.3. The van der Waals surface area contributed by atoms with Gasteiger partial charge in [0.25, 0.3) is 11.8 Å². The minimum Gasteiger partial charge on any atom is -0.376 e. The fraction of sp³-hybridized carbons (Fsp3) is 0.636. The highest BCUT2D eigenvalue weighted by atomic mass is 16.5. The molecule has 2 fully saturated rings. The first-order chi connectivity index (χ1) is 7.70. The summed E-state index contributed by atoms with van der Waals surface area (Å²) in [5.74, 6) is -0.226. The summed E-state index contributed by atoms with van der Waals surface area (Å²) < 4.78 is 5.62. The van der Waals surface area contributed by atoms with Gasteiger partial charge in [-0.1, -0.05) is 0 Å². The number of hydrogen-bond donors (Lipinski definition) is 1. The van der Waals surface area contributed by atoms with Crippen molar-refractivity contribution in [3.05, 3.63) is 12.2 Å². The molecule has 1 aliphatic carbocycles. The molecule has 2 amide bonds. The average Bonchev–Trinajstić information content (AvgIpc) is 2.61. The van der Waals surface area contributed by atoms with Crippen LogP contribution in [0.25, 0.3) is 0 Å². The zero-order chi connectivity index (χ0) is 11.3. The Morgan fingerprint density at radius 1 is 1.31 bits per heavy atom. The summed E-state index contributed by atoms with van der Waals surface area (Å²) in [5.41, 5.74) is 6.03. The molecule has 16 heavy (non-hydrogen) atoms. The Morgan fingerprint density at radius 3 is 2.69 bits per heavy atom. The van der Waals surface area contributed by atoms with Gasteiger partial charge in [-0.15, -0.1) is 0 Å². The van der Waals surface area contributed by atoms with Crippen LogP contribution in [0.1, 0.15) is 12.8 Å². The van der Waals surface area contributed by atoms with Crippen molar-refractivity contribution in [2.24, 2.45) is 11.7 Å². The van der Waals surface area contributed by atoms with Gasteiger partial charge in [0, 0.05) is 30.7 Å². The van der Waals surface area contributed by atoms with E-state index >= 15 is 0 Å². The average molecular weight is 222 g/mol. The van der Waals surface area contributed by atoms with Crippen LogP contribution in [0.3, 0.4) is 0 Å². The molecule has 0 spiro atoms. The SMILES string of the molecule is NC1C2CCCOC2C1N1C(=O)C=CC1=O. The van der Waals surface area contributed by atoms with Gasteiger partial charge < -0.3 is 10.5 Å². The zero-order valence-electron chi connectivity index (χ0n) is 8.83. The molecule has 2 aliphatic heterocycles. The smallest absolute Gasteiger partial charge is 0.254 e. The number of rotatable bonds is 1. The van der Waals surface area contributed by atoms with Gasteiger partial charge >= 0.3 is 0 Å². The van der Waals surface area contributed by atoms with Crippen LogP contribution in [-0.4, -0.2) is 41.5 Å². The maximum atomic E-state index is 11.5. The first-order valence-corrected chi connectivity index (χ1v) is 5.62. The standard InChI is InChI=1S/C11H14N2O3/c12-9-6-2-1-5-16-11(6)10(9)13-7(14)3-4-8(13)15/h3-4,6,9-11H,1-2,5,12H2. The Hall–Kier alpha value is -1.20. The maximum absolute atomic E-state index is 11.5. The first kappa shape index (κ1) is 9.99. The molecular formula is C11H14N2O3. The van der Waals surface area contributed by atoms with E-state index in [-0.39, 0.29) is 30.0 Å². The number of nitrogens with zero attached hydrogens (tertiary/aromatic N) is 1. The van der Waals surface area contributed by atoms with Crippen molar-refractivity contribution in [3.63, 3.8) is 0 Å². The van der Waals surface area contributed by atoms with Gasteiger partial charge in [-0.25, -0.2) is 0 Å². The van der Waals surface area contributed by atoms with Crippen LogP contribution in [-0.2, 0) is 14.3 Å². The summed E-state index contributed by atoms with van der Waals surface area (Å²) in [6.07, 6.45) is 4.60. The molecule has 4 atom stereocenters. The molecule has 5 nitrogen and oxygen atoms in total. The van der Waals surface area contributed by atoms with E-state index in [0.717, 1.165) is 12.8 Å². The molecule has 3 aliphatic rings. The summed E-state index contributed by atoms with van der Waals surface area (Å²) in [7, 11) is 0. The number of ether oxygens (including phenoxy) is 1. The highest BCUT2D eigenvalue weighted by Crippen LogP contribution is 2.40. The third-order valence-corrected chi connectivity index (χ3v) is 3.78. The minimum atomic E-state index is -0.266. The highest BCUT2D eigenvalue weighted by molar-refractivity contribution is 6.13. The molecule has 2 heterocycles. The van der Waals surface area contributed by atoms with Crippen LogP contribution in [0.4, 0.5) is 0 Å². The summed E-state index contributed by atoms with van der Waals surface area (Å²) >= 11 is 0. The van der Waals surface area contributed by atoms with E-state index in [0.29, 0.717) is 12.5 Å². The number of fused-ring (bicyclic) bond motifs is 1. The lowest BCUT2D eigenvalue weighted by atomic mass is 9.68. The summed E-state index contributed by atoms with van der Waals surface area (Å²) in [6, 6.07) is -0.390. The Bertz CT molecular complexity index is 361. The Kier molecular flexibility index (Phi) is 2.12. The van der Waals surface area contributed by atoms with Crippen molar-refractivity contribution in [2.75, 3.05) is 6.61 Å². The van der Waals surface area contributed by atoms with Crippen LogP contribution in [0.5, 0.6) is 0 Å². The fourth-order valence-electron chi connectivity index (χ4n) is 2.94. The number of carbonyl (C=O) groups is 2. The van der Waals surface area contributed by atoms with Crippen molar-refractivity contribution in [2.45, 2.75) is 31.0 Å². The molecule has 0 bridgehead atoms. The monoisotopic (exact) mass is 222 g/mol. The fourth-order valence-corrected chi connectivity index (χ4v) is 2.94. The normalized spacial score (nSPS) is 42.2. The van der Waals surface area contributed by atoms with Crippen molar-refractivity contribution < 1.29 is 14.3 Å². The highest BCUT2D eigenvalue weighted by Gasteiger charge is 2.55. The largest absolute Gasteiger partial charge is 0.376 e. The van der Waals surface area contributed by atoms with Gasteiger partial charge in [0.05, 0.1) is 12.1 Å². The molecule has 0 aromatic rings. The Balaban J connectivity index is 1.80. The topological polar surface area (TPSA) is 72.6 Å². The predicted molar refractivity (Wildman–Crippen MR) is 55.2 cm³/mol. The Labute approximate surface area is 93.2 Å². The maximum Gasteiger partial charge on any atom is 0.254 e. The van der Waals surface area contributed by atoms with Gasteiger partial charge in [-0.3, -0.25) is 14.5 Å². The van der Waals surface area contributed by atoms with Gasteiger partial charge in [0.2, 0.25) is 0 Å². The van der Waals surface area contributed by atoms with E-state index in [1.807, 2.05) is 0 Å². The van der Waals surface area contributed by atoms with Crippen LogP contribution >= 0.6 is 0 Å². The number of imide groups is 1. The summed E-state index contributed by atoms with van der Waals surface area (Å²) in [5, 5.41) is 0. The number of carbonyl (C=O) groups excluding carboxylic acids is 2. The molecule has 5 heteroatoms. The molecule has 2 N–H and O–H groups in total. The third-order valence-electron chi connectivity index (χ3n) is 3.78. The molecule has 86 valence electrons. The van der Waals surface area contributed by atoms with Gasteiger partial charge in [-0.05, 0) is 12.8 Å². The van der Waals surface area contributed by atoms with Crippen LogP contribution < -0.4 is 5.73 Å². The molecule has 4 unspecified atom stereocenters. The van der Waals surface area contributed by atoms with Crippen LogP contribution in [0.15, 0.2) is 12.2 Å². The lowest BCUT2D eigenvalue weighted by Crippen LogP contribution is -2.72. The van der Waals surface area contributed by atoms with E-state index < -0.39 is 0 Å². The number of hydrogen-bond acceptors (Lipinski definition) is 4. The quantitative estimate of drug-likeness (QED) is 0.602. The first-order valence-electron chi connectivity index (χ1n) is 5.62. The third kappa shape index (κ3) is 1.18. The zero-order valence-corrected chi connectivity index (χ0v) is 8.83. The number of nitrogens with two attached hydrogens (primary N) is 1. The van der Waals surface area contributed by atoms with E-state index in [9.17, 15) is 9.59 Å². The molecule has 0 radical (unpaired) electrons. The molecule has 3 rings (SSSR count). The minimum absolute atomic E-state index is 0.0449. The molecule has 1 saturated heterocycles. The lowest BCUT2D eigenvalue weighted by molar-refractivity contribution is -0.171. The second-order valence-electron chi connectivity index (χ2n) is 4.59. The van der Waals surface area contributed by atoms with Gasteiger partial charge in [-0.2, -0.15) is 0 Å². The van der Waals surface area contributed by atoms with E-state index in [1.54, 1.807) is 0 Å². The number of amides is 2.